The first-order valence-corrected chi connectivity index (χ1v) is 8.67. The highest BCUT2D eigenvalue weighted by molar-refractivity contribution is 5.89. The quantitative estimate of drug-likeness (QED) is 0.623. The highest BCUT2D eigenvalue weighted by Gasteiger charge is 2.39. The highest BCUT2D eigenvalue weighted by Crippen LogP contribution is 2.43. The number of nitrogens with zero attached hydrogens (tertiary/aromatic N) is 2. The molecule has 28 heavy (non-hydrogen) atoms. The van der Waals surface area contributed by atoms with E-state index in [4.69, 9.17) is 5.11 Å². The summed E-state index contributed by atoms with van der Waals surface area (Å²) in [5, 5.41) is 11.9. The van der Waals surface area contributed by atoms with Crippen LogP contribution >= 0.6 is 0 Å². The van der Waals surface area contributed by atoms with E-state index >= 15 is 0 Å². The van der Waals surface area contributed by atoms with Gasteiger partial charge in [-0.15, -0.1) is 0 Å². The molecule has 2 heterocycles. The van der Waals surface area contributed by atoms with E-state index in [1.54, 1.807) is 17.0 Å². The van der Waals surface area contributed by atoms with Crippen LogP contribution in [0.1, 0.15) is 21.5 Å². The van der Waals surface area contributed by atoms with E-state index in [0.717, 1.165) is 0 Å². The molecule has 0 unspecified atom stereocenters. The van der Waals surface area contributed by atoms with Crippen molar-refractivity contribution in [2.75, 3.05) is 37.7 Å². The maximum absolute atomic E-state index is 13.9. The predicted octanol–water partition coefficient (Wildman–Crippen LogP) is 2.33. The minimum absolute atomic E-state index is 0.0275. The molecule has 1 aromatic heterocycles. The fraction of sp³-hybridized carbons (Fsp3) is 0.300. The van der Waals surface area contributed by atoms with Crippen molar-refractivity contribution in [2.24, 2.45) is 0 Å². The third-order valence-electron chi connectivity index (χ3n) is 4.41. The minimum atomic E-state index is -4.68. The van der Waals surface area contributed by atoms with Crippen LogP contribution in [0.4, 0.5) is 18.9 Å². The van der Waals surface area contributed by atoms with Gasteiger partial charge < -0.3 is 15.3 Å². The number of carbonyl (C=O) groups excluding carboxylic acids is 1. The van der Waals surface area contributed by atoms with Gasteiger partial charge in [-0.2, -0.15) is 13.2 Å². The van der Waals surface area contributed by atoms with E-state index in [0.29, 0.717) is 43.0 Å². The smallest absolute Gasteiger partial charge is 0.384 e. The lowest BCUT2D eigenvalue weighted by molar-refractivity contribution is -0.137. The molecule has 0 atom stereocenters. The molecule has 2 aromatic rings. The maximum atomic E-state index is 13.9. The molecule has 1 fully saturated rings. The number of aromatic nitrogens is 1. The van der Waals surface area contributed by atoms with Gasteiger partial charge in [-0.25, -0.2) is 0 Å². The molecule has 8 heteroatoms. The van der Waals surface area contributed by atoms with Gasteiger partial charge in [0.05, 0.1) is 16.9 Å². The number of alkyl halides is 3. The third kappa shape index (κ3) is 4.16. The summed E-state index contributed by atoms with van der Waals surface area (Å²) in [5.74, 6) is 5.19. The number of carbonyl (C=O) groups is 1. The van der Waals surface area contributed by atoms with Gasteiger partial charge in [-0.05, 0) is 18.2 Å². The molecule has 0 amide bonds. The Morgan fingerprint density at radius 3 is 2.54 bits per heavy atom. The summed E-state index contributed by atoms with van der Waals surface area (Å²) in [7, 11) is 0. The van der Waals surface area contributed by atoms with Crippen molar-refractivity contribution in [1.82, 2.24) is 10.3 Å². The Morgan fingerprint density at radius 2 is 1.96 bits per heavy atom. The van der Waals surface area contributed by atoms with Crippen molar-refractivity contribution in [3.63, 3.8) is 0 Å². The van der Waals surface area contributed by atoms with E-state index in [-0.39, 0.29) is 18.6 Å². The fourth-order valence-corrected chi connectivity index (χ4v) is 3.20. The summed E-state index contributed by atoms with van der Waals surface area (Å²) in [6, 6.07) is 5.90. The van der Waals surface area contributed by atoms with Gasteiger partial charge in [0.1, 0.15) is 6.61 Å². The van der Waals surface area contributed by atoms with Gasteiger partial charge in [0.15, 0.2) is 6.29 Å². The Kier molecular flexibility index (Phi) is 5.97. The number of aliphatic hydroxyl groups is 1. The summed E-state index contributed by atoms with van der Waals surface area (Å²) in [4.78, 5) is 17.2. The highest BCUT2D eigenvalue weighted by atomic mass is 19.4. The largest absolute Gasteiger partial charge is 0.419 e. The molecule has 5 nitrogen and oxygen atoms in total. The first-order chi connectivity index (χ1) is 13.5. The second-order valence-electron chi connectivity index (χ2n) is 6.17. The first kappa shape index (κ1) is 19.9. The van der Waals surface area contributed by atoms with Crippen LogP contribution in [-0.4, -0.2) is 49.2 Å². The first-order valence-electron chi connectivity index (χ1n) is 8.67. The van der Waals surface area contributed by atoms with Crippen molar-refractivity contribution < 1.29 is 23.1 Å². The number of rotatable bonds is 3. The van der Waals surface area contributed by atoms with E-state index in [1.165, 1.54) is 18.3 Å². The Morgan fingerprint density at radius 1 is 1.21 bits per heavy atom. The standard InChI is InChI=1S/C20H18F3N3O2/c21-20(22,23)18-15(13-28)4-5-16(19(18)26-9-7-24-8-10-26)17-6-3-14(12-25-17)2-1-11-27/h3-6,12-13,24,27H,7-11H2. The molecule has 1 aromatic carbocycles. The van der Waals surface area contributed by atoms with Crippen molar-refractivity contribution >= 4 is 12.0 Å². The molecular formula is C20H18F3N3O2. The molecule has 1 saturated heterocycles. The molecule has 0 radical (unpaired) electrons. The summed E-state index contributed by atoms with van der Waals surface area (Å²) in [5.41, 5.74) is -0.155. The molecule has 1 aliphatic heterocycles. The fourth-order valence-electron chi connectivity index (χ4n) is 3.20. The lowest BCUT2D eigenvalue weighted by Gasteiger charge is -2.33. The van der Waals surface area contributed by atoms with Gasteiger partial charge >= 0.3 is 6.18 Å². The lowest BCUT2D eigenvalue weighted by atomic mass is 9.96. The normalized spacial score (nSPS) is 14.4. The molecule has 3 rings (SSSR count). The number of aliphatic hydroxyl groups excluding tert-OH is 1. The number of anilines is 1. The number of aldehydes is 1. The molecule has 0 bridgehead atoms. The number of benzene rings is 1. The zero-order valence-corrected chi connectivity index (χ0v) is 14.9. The van der Waals surface area contributed by atoms with Crippen LogP contribution in [-0.2, 0) is 6.18 Å². The number of piperazine rings is 1. The summed E-state index contributed by atoms with van der Waals surface area (Å²) >= 11 is 0. The van der Waals surface area contributed by atoms with Crippen molar-refractivity contribution in [1.29, 1.82) is 0 Å². The Labute approximate surface area is 160 Å². The van der Waals surface area contributed by atoms with Gasteiger partial charge in [0.2, 0.25) is 0 Å². The number of pyridine rings is 1. The Balaban J connectivity index is 2.18. The SMILES string of the molecule is O=Cc1ccc(-c2ccc(C#CCO)cn2)c(N2CCNCC2)c1C(F)(F)F. The minimum Gasteiger partial charge on any atom is -0.384 e. The van der Waals surface area contributed by atoms with Crippen molar-refractivity contribution in [3.05, 3.63) is 47.2 Å². The topological polar surface area (TPSA) is 65.5 Å². The number of hydrogen-bond acceptors (Lipinski definition) is 5. The van der Waals surface area contributed by atoms with Crippen LogP contribution in [0.3, 0.4) is 0 Å². The lowest BCUT2D eigenvalue weighted by Crippen LogP contribution is -2.44. The number of nitrogens with one attached hydrogen (secondary N) is 1. The summed E-state index contributed by atoms with van der Waals surface area (Å²) < 4.78 is 41.7. The van der Waals surface area contributed by atoms with Crippen molar-refractivity contribution in [3.8, 4) is 23.1 Å². The summed E-state index contributed by atoms with van der Waals surface area (Å²) in [6.07, 6.45) is -3.00. The average molecular weight is 389 g/mol. The third-order valence-corrected chi connectivity index (χ3v) is 4.41. The van der Waals surface area contributed by atoms with E-state index < -0.39 is 17.3 Å². The zero-order valence-electron chi connectivity index (χ0n) is 14.9. The van der Waals surface area contributed by atoms with Crippen LogP contribution < -0.4 is 10.2 Å². The molecular weight excluding hydrogens is 371 g/mol. The Hall–Kier alpha value is -2.89. The van der Waals surface area contributed by atoms with Gasteiger partial charge in [-0.1, -0.05) is 17.9 Å². The van der Waals surface area contributed by atoms with Gasteiger partial charge in [-0.3, -0.25) is 9.78 Å². The van der Waals surface area contributed by atoms with Crippen molar-refractivity contribution in [2.45, 2.75) is 6.18 Å². The molecule has 2 N–H and O–H groups in total. The van der Waals surface area contributed by atoms with Crippen LogP contribution in [0.2, 0.25) is 0 Å². The van der Waals surface area contributed by atoms with E-state index in [1.807, 2.05) is 0 Å². The number of hydrogen-bond donors (Lipinski definition) is 2. The molecule has 1 aliphatic rings. The van der Waals surface area contributed by atoms with Gasteiger partial charge in [0, 0.05) is 49.1 Å². The zero-order chi connectivity index (χ0) is 20.1. The van der Waals surface area contributed by atoms with Crippen LogP contribution in [0.25, 0.3) is 11.3 Å². The van der Waals surface area contributed by atoms with Crippen LogP contribution in [0, 0.1) is 11.8 Å². The summed E-state index contributed by atoms with van der Waals surface area (Å²) in [6.45, 7) is 1.57. The maximum Gasteiger partial charge on any atom is 0.419 e. The second-order valence-corrected chi connectivity index (χ2v) is 6.17. The van der Waals surface area contributed by atoms with E-state index in [2.05, 4.69) is 22.1 Å². The number of halogens is 3. The van der Waals surface area contributed by atoms with Crippen LogP contribution in [0.5, 0.6) is 0 Å². The van der Waals surface area contributed by atoms with E-state index in [9.17, 15) is 18.0 Å². The Bertz CT molecular complexity index is 909. The molecule has 0 saturated carbocycles. The predicted molar refractivity (Wildman–Crippen MR) is 99.1 cm³/mol. The second kappa shape index (κ2) is 8.42. The molecule has 0 aliphatic carbocycles. The monoisotopic (exact) mass is 389 g/mol. The average Bonchev–Trinajstić information content (AvgIpc) is 2.71. The van der Waals surface area contributed by atoms with Gasteiger partial charge in [0.25, 0.3) is 0 Å². The molecule has 146 valence electrons. The van der Waals surface area contributed by atoms with Crippen LogP contribution in [0.15, 0.2) is 30.5 Å². The molecule has 0 spiro atoms.